The number of urea groups is 1. The summed E-state index contributed by atoms with van der Waals surface area (Å²) in [4.78, 5) is 53.5. The minimum Gasteiger partial charge on any atom is -0.486 e. The number of nitrogens with zero attached hydrogens (tertiary/aromatic N) is 2. The maximum absolute atomic E-state index is 13.1. The van der Waals surface area contributed by atoms with Crippen molar-refractivity contribution >= 4 is 29.4 Å². The van der Waals surface area contributed by atoms with Crippen molar-refractivity contribution in [1.82, 2.24) is 15.1 Å². The lowest BCUT2D eigenvalue weighted by Crippen LogP contribution is -2.52. The third kappa shape index (κ3) is 3.96. The summed E-state index contributed by atoms with van der Waals surface area (Å²) < 4.78 is 11.0. The monoisotopic (exact) mass is 444 g/mol. The highest BCUT2D eigenvalue weighted by atomic mass is 16.6. The Morgan fingerprint density at radius 2 is 1.88 bits per heavy atom. The van der Waals surface area contributed by atoms with Crippen LogP contribution in [0.25, 0.3) is 0 Å². The topological polar surface area (TPSA) is 117 Å². The van der Waals surface area contributed by atoms with Crippen molar-refractivity contribution in [2.24, 2.45) is 0 Å². The molecule has 0 radical (unpaired) electrons. The van der Waals surface area contributed by atoms with Crippen LogP contribution in [0.3, 0.4) is 0 Å². The lowest BCUT2D eigenvalue weighted by Gasteiger charge is -2.28. The van der Waals surface area contributed by atoms with Crippen LogP contribution in [0.2, 0.25) is 0 Å². The summed E-state index contributed by atoms with van der Waals surface area (Å²) in [6.45, 7) is 4.23. The second-order valence-corrected chi connectivity index (χ2v) is 8.33. The molecule has 2 aliphatic heterocycles. The number of imide groups is 1. The van der Waals surface area contributed by atoms with Crippen molar-refractivity contribution < 1.29 is 28.7 Å². The fourth-order valence-corrected chi connectivity index (χ4v) is 4.53. The van der Waals surface area contributed by atoms with Gasteiger partial charge in [-0.1, -0.05) is 12.8 Å². The third-order valence-corrected chi connectivity index (χ3v) is 6.25. The van der Waals surface area contributed by atoms with Crippen LogP contribution in [-0.4, -0.2) is 71.4 Å². The Bertz CT molecular complexity index is 942. The van der Waals surface area contributed by atoms with Gasteiger partial charge in [-0.3, -0.25) is 14.4 Å². The number of anilines is 1. The van der Waals surface area contributed by atoms with Gasteiger partial charge in [-0.2, -0.15) is 0 Å². The zero-order valence-corrected chi connectivity index (χ0v) is 18.3. The van der Waals surface area contributed by atoms with Gasteiger partial charge in [0.25, 0.3) is 5.91 Å². The van der Waals surface area contributed by atoms with Crippen molar-refractivity contribution in [3.63, 3.8) is 0 Å². The Morgan fingerprint density at radius 3 is 2.56 bits per heavy atom. The molecule has 1 saturated carbocycles. The molecule has 0 aromatic heterocycles. The van der Waals surface area contributed by atoms with Gasteiger partial charge in [-0.25, -0.2) is 9.69 Å². The first-order chi connectivity index (χ1) is 15.3. The van der Waals surface area contributed by atoms with Gasteiger partial charge in [-0.05, 0) is 38.8 Å². The number of hydrogen-bond donors (Lipinski definition) is 2. The molecule has 1 saturated heterocycles. The highest BCUT2D eigenvalue weighted by Crippen LogP contribution is 2.36. The van der Waals surface area contributed by atoms with Gasteiger partial charge in [0.2, 0.25) is 11.8 Å². The minimum atomic E-state index is -0.996. The van der Waals surface area contributed by atoms with Crippen molar-refractivity contribution in [3.8, 4) is 11.5 Å². The molecule has 4 rings (SSSR count). The molecule has 3 aliphatic rings. The number of nitrogens with one attached hydrogen (secondary N) is 2. The first-order valence-corrected chi connectivity index (χ1v) is 11.0. The Kier molecular flexibility index (Phi) is 5.94. The molecular formula is C22H28N4O6. The number of carbonyl (C=O) groups excluding carboxylic acids is 4. The number of carbonyl (C=O) groups is 4. The predicted molar refractivity (Wildman–Crippen MR) is 114 cm³/mol. The van der Waals surface area contributed by atoms with E-state index in [0.717, 1.165) is 17.7 Å². The van der Waals surface area contributed by atoms with Crippen LogP contribution < -0.4 is 20.1 Å². The summed E-state index contributed by atoms with van der Waals surface area (Å²) in [5, 5.41) is 5.53. The molecule has 1 aliphatic carbocycles. The van der Waals surface area contributed by atoms with Crippen molar-refractivity contribution in [2.45, 2.75) is 51.1 Å². The summed E-state index contributed by atoms with van der Waals surface area (Å²) >= 11 is 0. The predicted octanol–water partition coefficient (Wildman–Crippen LogP) is 1.50. The molecule has 0 bridgehead atoms. The number of amides is 5. The molecule has 1 aromatic rings. The van der Waals surface area contributed by atoms with Crippen LogP contribution in [0.1, 0.15) is 39.5 Å². The van der Waals surface area contributed by atoms with Gasteiger partial charge in [0.15, 0.2) is 11.5 Å². The van der Waals surface area contributed by atoms with Gasteiger partial charge in [0, 0.05) is 18.3 Å². The fourth-order valence-electron chi connectivity index (χ4n) is 4.53. The maximum Gasteiger partial charge on any atom is 0.325 e. The summed E-state index contributed by atoms with van der Waals surface area (Å²) in [5.74, 6) is -0.0398. The van der Waals surface area contributed by atoms with E-state index >= 15 is 0 Å². The Hall–Kier alpha value is -3.30. The average molecular weight is 444 g/mol. The van der Waals surface area contributed by atoms with Crippen LogP contribution in [-0.2, 0) is 14.4 Å². The Labute approximate surface area is 186 Å². The summed E-state index contributed by atoms with van der Waals surface area (Å²) in [6, 6.07) is 3.53. The van der Waals surface area contributed by atoms with Crippen LogP contribution in [0.4, 0.5) is 10.5 Å². The largest absolute Gasteiger partial charge is 0.486 e. The molecule has 10 nitrogen and oxygen atoms in total. The number of benzene rings is 1. The average Bonchev–Trinajstić information content (AvgIpc) is 3.35. The third-order valence-electron chi connectivity index (χ3n) is 6.25. The van der Waals surface area contributed by atoms with Gasteiger partial charge in [-0.15, -0.1) is 0 Å². The number of likely N-dealkylation sites (N-methyl/N-ethyl adjacent to an activating group) is 1. The molecule has 172 valence electrons. The second kappa shape index (κ2) is 8.68. The summed E-state index contributed by atoms with van der Waals surface area (Å²) in [5.41, 5.74) is -0.355. The van der Waals surface area contributed by atoms with E-state index < -0.39 is 29.4 Å². The van der Waals surface area contributed by atoms with E-state index in [0.29, 0.717) is 43.2 Å². The SMILES string of the molecule is CCN(CC(=O)Nc1ccc2c(c1)OCCO2)C(=O)C(C)N1C(=O)NC2(CCCC2)C1=O. The summed E-state index contributed by atoms with van der Waals surface area (Å²) in [6.07, 6.45) is 2.90. The van der Waals surface area contributed by atoms with Crippen LogP contribution >= 0.6 is 0 Å². The molecule has 32 heavy (non-hydrogen) atoms. The lowest BCUT2D eigenvalue weighted by molar-refractivity contribution is -0.143. The van der Waals surface area contributed by atoms with E-state index in [-0.39, 0.29) is 19.0 Å². The minimum absolute atomic E-state index is 0.205. The first-order valence-electron chi connectivity index (χ1n) is 11.0. The number of ether oxygens (including phenoxy) is 2. The molecule has 2 N–H and O–H groups in total. The lowest BCUT2D eigenvalue weighted by atomic mass is 9.97. The van der Waals surface area contributed by atoms with Crippen molar-refractivity contribution in [2.75, 3.05) is 31.6 Å². The van der Waals surface area contributed by atoms with Gasteiger partial charge in [0.1, 0.15) is 24.8 Å². The van der Waals surface area contributed by atoms with Gasteiger partial charge >= 0.3 is 6.03 Å². The molecule has 10 heteroatoms. The molecule has 1 atom stereocenters. The molecule has 1 spiro atoms. The van der Waals surface area contributed by atoms with E-state index in [2.05, 4.69) is 10.6 Å². The molecule has 5 amide bonds. The van der Waals surface area contributed by atoms with Gasteiger partial charge < -0.3 is 25.0 Å². The van der Waals surface area contributed by atoms with Crippen molar-refractivity contribution in [1.29, 1.82) is 0 Å². The number of hydrogen-bond acceptors (Lipinski definition) is 6. The molecule has 2 heterocycles. The fraction of sp³-hybridized carbons (Fsp3) is 0.545. The van der Waals surface area contributed by atoms with E-state index in [1.807, 2.05) is 0 Å². The molecular weight excluding hydrogens is 416 g/mol. The van der Waals surface area contributed by atoms with Gasteiger partial charge in [0.05, 0.1) is 6.54 Å². The highest BCUT2D eigenvalue weighted by Gasteiger charge is 2.54. The first kappa shape index (κ1) is 21.9. The van der Waals surface area contributed by atoms with E-state index in [4.69, 9.17) is 9.47 Å². The molecule has 1 unspecified atom stereocenters. The zero-order valence-electron chi connectivity index (χ0n) is 18.3. The van der Waals surface area contributed by atoms with Crippen molar-refractivity contribution in [3.05, 3.63) is 18.2 Å². The van der Waals surface area contributed by atoms with Crippen LogP contribution in [0.5, 0.6) is 11.5 Å². The van der Waals surface area contributed by atoms with E-state index in [1.165, 1.54) is 11.8 Å². The summed E-state index contributed by atoms with van der Waals surface area (Å²) in [7, 11) is 0. The van der Waals surface area contributed by atoms with E-state index in [9.17, 15) is 19.2 Å². The molecule has 2 fully saturated rings. The van der Waals surface area contributed by atoms with Crippen LogP contribution in [0, 0.1) is 0 Å². The normalized spacial score (nSPS) is 19.6. The zero-order chi connectivity index (χ0) is 22.9. The quantitative estimate of drug-likeness (QED) is 0.642. The van der Waals surface area contributed by atoms with E-state index in [1.54, 1.807) is 25.1 Å². The Morgan fingerprint density at radius 1 is 1.19 bits per heavy atom. The standard InChI is InChI=1S/C22H28N4O6/c1-3-25(13-18(27)23-15-6-7-16-17(12-15)32-11-10-31-16)19(28)14(2)26-20(29)22(24-21(26)30)8-4-5-9-22/h6-7,12,14H,3-5,8-11,13H2,1-2H3,(H,23,27)(H,24,30). The number of rotatable bonds is 6. The second-order valence-electron chi connectivity index (χ2n) is 8.33. The smallest absolute Gasteiger partial charge is 0.325 e. The van der Waals surface area contributed by atoms with Crippen LogP contribution in [0.15, 0.2) is 18.2 Å². The number of fused-ring (bicyclic) bond motifs is 1. The molecule has 1 aromatic carbocycles. The maximum atomic E-state index is 13.1. The Balaban J connectivity index is 1.39. The highest BCUT2D eigenvalue weighted by molar-refractivity contribution is 6.10.